The zero-order chi connectivity index (χ0) is 15.6. The summed E-state index contributed by atoms with van der Waals surface area (Å²) in [6.07, 6.45) is 0. The molecule has 1 aromatic rings. The van der Waals surface area contributed by atoms with E-state index in [0.717, 1.165) is 6.07 Å². The van der Waals surface area contributed by atoms with Gasteiger partial charge in [-0.15, -0.1) is 0 Å². The number of anilines is 1. The summed E-state index contributed by atoms with van der Waals surface area (Å²) in [7, 11) is -4.78. The number of rotatable bonds is 4. The number of sulfone groups is 1. The highest BCUT2D eigenvalue weighted by atomic mass is 32.2. The van der Waals surface area contributed by atoms with Crippen molar-refractivity contribution in [2.75, 3.05) is 23.0 Å². The molecule has 9 heteroatoms. The number of benzene rings is 1. The van der Waals surface area contributed by atoms with Gasteiger partial charge in [0, 0.05) is 18.1 Å². The second-order valence-electron chi connectivity index (χ2n) is 4.40. The molecule has 1 aliphatic rings. The smallest absolute Gasteiger partial charge is 0.341 e. The fourth-order valence-corrected chi connectivity index (χ4v) is 4.10. The number of aliphatic carboxylic acids is 1. The molecule has 0 radical (unpaired) electrons. The van der Waals surface area contributed by atoms with Crippen molar-refractivity contribution >= 4 is 33.3 Å². The van der Waals surface area contributed by atoms with Gasteiger partial charge >= 0.3 is 11.7 Å². The maximum absolute atomic E-state index is 12.8. The van der Waals surface area contributed by atoms with E-state index >= 15 is 0 Å². The molecular formula is C12H13F2NO4S2. The summed E-state index contributed by atoms with van der Waals surface area (Å²) < 4.78 is 49.0. The van der Waals surface area contributed by atoms with E-state index in [2.05, 4.69) is 0 Å². The van der Waals surface area contributed by atoms with Crippen LogP contribution in [0.15, 0.2) is 29.2 Å². The average molecular weight is 337 g/mol. The van der Waals surface area contributed by atoms with Crippen LogP contribution in [0.5, 0.6) is 0 Å². The molecule has 1 atom stereocenters. The van der Waals surface area contributed by atoms with Crippen molar-refractivity contribution in [1.82, 2.24) is 0 Å². The van der Waals surface area contributed by atoms with Gasteiger partial charge in [0.1, 0.15) is 6.04 Å². The molecule has 1 aliphatic heterocycles. The molecule has 0 amide bonds. The molecule has 2 rings (SSSR count). The lowest BCUT2D eigenvalue weighted by atomic mass is 10.2. The Hall–Kier alpha value is -1.35. The van der Waals surface area contributed by atoms with E-state index in [-0.39, 0.29) is 18.0 Å². The third kappa shape index (κ3) is 3.13. The van der Waals surface area contributed by atoms with Gasteiger partial charge in [-0.05, 0) is 12.1 Å². The first-order chi connectivity index (χ1) is 9.85. The first-order valence-electron chi connectivity index (χ1n) is 6.04. The summed E-state index contributed by atoms with van der Waals surface area (Å²) in [5.41, 5.74) is 0.0190. The van der Waals surface area contributed by atoms with Crippen LogP contribution < -0.4 is 4.90 Å². The van der Waals surface area contributed by atoms with Gasteiger partial charge in [-0.25, -0.2) is 13.2 Å². The maximum atomic E-state index is 12.8. The lowest BCUT2D eigenvalue weighted by molar-refractivity contribution is -0.138. The van der Waals surface area contributed by atoms with Crippen LogP contribution in [-0.4, -0.2) is 49.3 Å². The fourth-order valence-electron chi connectivity index (χ4n) is 2.13. The lowest BCUT2D eigenvalue weighted by Crippen LogP contribution is -2.48. The van der Waals surface area contributed by atoms with Crippen LogP contribution in [0.3, 0.4) is 0 Å². The molecule has 0 spiro atoms. The number of nitrogens with zero attached hydrogens (tertiary/aromatic N) is 1. The highest BCUT2D eigenvalue weighted by Gasteiger charge is 2.35. The minimum absolute atomic E-state index is 0.0190. The number of thioether (sulfide) groups is 1. The molecule has 0 aromatic heterocycles. The summed E-state index contributed by atoms with van der Waals surface area (Å²) in [6, 6.07) is 4.35. The first kappa shape index (κ1) is 16.0. The molecule has 1 heterocycles. The molecule has 5 nitrogen and oxygen atoms in total. The number of carboxylic acid groups (broad SMARTS) is 1. The van der Waals surface area contributed by atoms with Gasteiger partial charge in [0.2, 0.25) is 9.84 Å². The minimum Gasteiger partial charge on any atom is -0.480 e. The Morgan fingerprint density at radius 3 is 2.67 bits per heavy atom. The van der Waals surface area contributed by atoms with Crippen LogP contribution in [0, 0.1) is 0 Å². The van der Waals surface area contributed by atoms with Crippen molar-refractivity contribution in [2.24, 2.45) is 0 Å². The SMILES string of the molecule is O=C(O)C1CSCCN1c1ccccc1S(=O)(=O)C(F)F. The fraction of sp³-hybridized carbons (Fsp3) is 0.417. The topological polar surface area (TPSA) is 74.7 Å². The van der Waals surface area contributed by atoms with E-state index < -0.39 is 32.5 Å². The molecule has 1 unspecified atom stereocenters. The van der Waals surface area contributed by atoms with Gasteiger partial charge in [0.25, 0.3) is 0 Å². The van der Waals surface area contributed by atoms with E-state index in [1.54, 1.807) is 0 Å². The Bertz CT molecular complexity index is 636. The van der Waals surface area contributed by atoms with Gasteiger partial charge in [-0.2, -0.15) is 20.5 Å². The summed E-state index contributed by atoms with van der Waals surface area (Å²) in [5.74, 6) is -3.77. The van der Waals surface area contributed by atoms with E-state index in [9.17, 15) is 27.1 Å². The van der Waals surface area contributed by atoms with Crippen molar-refractivity contribution < 1.29 is 27.1 Å². The molecule has 0 bridgehead atoms. The molecule has 1 aromatic carbocycles. The molecular weight excluding hydrogens is 324 g/mol. The van der Waals surface area contributed by atoms with Crippen molar-refractivity contribution in [3.63, 3.8) is 0 Å². The molecule has 1 saturated heterocycles. The lowest BCUT2D eigenvalue weighted by Gasteiger charge is -2.35. The van der Waals surface area contributed by atoms with E-state index in [1.165, 1.54) is 34.9 Å². The van der Waals surface area contributed by atoms with Crippen molar-refractivity contribution in [3.05, 3.63) is 24.3 Å². The Morgan fingerprint density at radius 1 is 1.38 bits per heavy atom. The molecule has 0 aliphatic carbocycles. The van der Waals surface area contributed by atoms with Crippen LogP contribution in [0.2, 0.25) is 0 Å². The largest absolute Gasteiger partial charge is 0.480 e. The predicted molar refractivity (Wildman–Crippen MR) is 75.7 cm³/mol. The number of alkyl halides is 2. The van der Waals surface area contributed by atoms with Crippen LogP contribution in [0.4, 0.5) is 14.5 Å². The highest BCUT2D eigenvalue weighted by Crippen LogP contribution is 2.32. The molecule has 116 valence electrons. The van der Waals surface area contributed by atoms with Gasteiger partial charge in [-0.3, -0.25) is 0 Å². The normalized spacial score (nSPS) is 19.8. The number of para-hydroxylation sites is 1. The average Bonchev–Trinajstić information content (AvgIpc) is 2.47. The van der Waals surface area contributed by atoms with E-state index in [4.69, 9.17) is 0 Å². The predicted octanol–water partition coefficient (Wildman–Crippen LogP) is 1.69. The maximum Gasteiger partial charge on any atom is 0.341 e. The minimum atomic E-state index is -4.78. The summed E-state index contributed by atoms with van der Waals surface area (Å²) in [6.45, 7) is 0.289. The standard InChI is InChI=1S/C12H13F2NO4S2/c13-12(14)21(18,19)10-4-2-1-3-8(10)15-5-6-20-7-9(15)11(16)17/h1-4,9,12H,5-7H2,(H,16,17). The zero-order valence-corrected chi connectivity index (χ0v) is 12.4. The van der Waals surface area contributed by atoms with Gasteiger partial charge < -0.3 is 10.0 Å². The van der Waals surface area contributed by atoms with E-state index in [0.29, 0.717) is 5.75 Å². The number of hydrogen-bond acceptors (Lipinski definition) is 5. The number of hydrogen-bond donors (Lipinski definition) is 1. The molecule has 1 fully saturated rings. The summed E-state index contributed by atoms with van der Waals surface area (Å²) >= 11 is 1.43. The third-order valence-electron chi connectivity index (χ3n) is 3.13. The van der Waals surface area contributed by atoms with Gasteiger partial charge in [0.15, 0.2) is 0 Å². The van der Waals surface area contributed by atoms with Crippen molar-refractivity contribution in [1.29, 1.82) is 0 Å². The molecule has 1 N–H and O–H groups in total. The zero-order valence-electron chi connectivity index (χ0n) is 10.8. The Balaban J connectivity index is 2.51. The van der Waals surface area contributed by atoms with Crippen LogP contribution in [0.1, 0.15) is 0 Å². The van der Waals surface area contributed by atoms with Gasteiger partial charge in [-0.1, -0.05) is 12.1 Å². The molecule has 0 saturated carbocycles. The van der Waals surface area contributed by atoms with Crippen molar-refractivity contribution in [3.8, 4) is 0 Å². The highest BCUT2D eigenvalue weighted by molar-refractivity contribution is 7.99. The van der Waals surface area contributed by atoms with Crippen LogP contribution >= 0.6 is 11.8 Å². The number of halogens is 2. The number of carboxylic acids is 1. The second kappa shape index (κ2) is 6.18. The monoisotopic (exact) mass is 337 g/mol. The number of carbonyl (C=O) groups is 1. The third-order valence-corrected chi connectivity index (χ3v) is 5.58. The summed E-state index contributed by atoms with van der Waals surface area (Å²) in [5, 5.41) is 9.22. The molecule has 21 heavy (non-hydrogen) atoms. The van der Waals surface area contributed by atoms with E-state index in [1.807, 2.05) is 0 Å². The van der Waals surface area contributed by atoms with Crippen LogP contribution in [0.25, 0.3) is 0 Å². The Kier molecular flexibility index (Phi) is 4.72. The Labute approximate surface area is 124 Å². The van der Waals surface area contributed by atoms with Crippen LogP contribution in [-0.2, 0) is 14.6 Å². The van der Waals surface area contributed by atoms with Gasteiger partial charge in [0.05, 0.1) is 10.6 Å². The first-order valence-corrected chi connectivity index (χ1v) is 8.74. The quantitative estimate of drug-likeness (QED) is 0.901. The summed E-state index contributed by atoms with van der Waals surface area (Å²) in [4.78, 5) is 12.1. The second-order valence-corrected chi connectivity index (χ2v) is 7.43. The Morgan fingerprint density at radius 2 is 2.05 bits per heavy atom. The van der Waals surface area contributed by atoms with Crippen molar-refractivity contribution in [2.45, 2.75) is 16.7 Å².